The van der Waals surface area contributed by atoms with Crippen LogP contribution in [-0.2, 0) is 11.8 Å². The number of hydrogen-bond acceptors (Lipinski definition) is 1. The van der Waals surface area contributed by atoms with Gasteiger partial charge in [0, 0.05) is 0 Å². The average molecular weight is 219 g/mol. The van der Waals surface area contributed by atoms with Gasteiger partial charge in [-0.3, -0.25) is 0 Å². The van der Waals surface area contributed by atoms with E-state index in [-0.39, 0.29) is 5.41 Å². The summed E-state index contributed by atoms with van der Waals surface area (Å²) in [5.41, 5.74) is 4.62. The highest BCUT2D eigenvalue weighted by Crippen LogP contribution is 2.24. The molecule has 1 aromatic rings. The molecule has 1 heteroatoms. The van der Waals surface area contributed by atoms with Gasteiger partial charge in [-0.05, 0) is 55.5 Å². The molecule has 90 valence electrons. The monoisotopic (exact) mass is 219 g/mol. The zero-order valence-electron chi connectivity index (χ0n) is 11.4. The van der Waals surface area contributed by atoms with E-state index in [9.17, 15) is 0 Å². The Labute approximate surface area is 100 Å². The van der Waals surface area contributed by atoms with Gasteiger partial charge in [-0.15, -0.1) is 0 Å². The first-order chi connectivity index (χ1) is 7.45. The van der Waals surface area contributed by atoms with E-state index < -0.39 is 0 Å². The topological polar surface area (TPSA) is 12.0 Å². The predicted octanol–water partition coefficient (Wildman–Crippen LogP) is 3.44. The van der Waals surface area contributed by atoms with Crippen molar-refractivity contribution in [1.29, 1.82) is 0 Å². The van der Waals surface area contributed by atoms with Gasteiger partial charge in [0.2, 0.25) is 0 Å². The van der Waals surface area contributed by atoms with E-state index in [1.54, 1.807) is 0 Å². The van der Waals surface area contributed by atoms with Crippen molar-refractivity contribution in [2.24, 2.45) is 0 Å². The Kier molecular flexibility index (Phi) is 4.55. The summed E-state index contributed by atoms with van der Waals surface area (Å²) in [5, 5.41) is 3.20. The second-order valence-corrected chi connectivity index (χ2v) is 5.60. The lowest BCUT2D eigenvalue weighted by molar-refractivity contribution is 0.588. The summed E-state index contributed by atoms with van der Waals surface area (Å²) >= 11 is 0. The van der Waals surface area contributed by atoms with Crippen molar-refractivity contribution in [3.05, 3.63) is 34.9 Å². The lowest BCUT2D eigenvalue weighted by Crippen LogP contribution is -2.12. The largest absolute Gasteiger partial charge is 0.320 e. The number of hydrogen-bond donors (Lipinski definition) is 1. The Balaban J connectivity index is 2.83. The predicted molar refractivity (Wildman–Crippen MR) is 72.1 cm³/mol. The summed E-state index contributed by atoms with van der Waals surface area (Å²) in [5.74, 6) is 0. The molecule has 0 saturated heterocycles. The number of nitrogens with one attached hydrogen (secondary N) is 1. The summed E-state index contributed by atoms with van der Waals surface area (Å²) in [6, 6.07) is 6.90. The van der Waals surface area contributed by atoms with Crippen LogP contribution in [0.15, 0.2) is 18.2 Å². The molecular weight excluding hydrogens is 194 g/mol. The minimum absolute atomic E-state index is 0.255. The third-order valence-electron chi connectivity index (χ3n) is 3.09. The van der Waals surface area contributed by atoms with Crippen molar-refractivity contribution in [2.45, 2.75) is 46.0 Å². The first kappa shape index (κ1) is 13.2. The third-order valence-corrected chi connectivity index (χ3v) is 3.09. The zero-order chi connectivity index (χ0) is 12.2. The zero-order valence-corrected chi connectivity index (χ0v) is 11.4. The number of aryl methyl sites for hydroxylation is 2. The Morgan fingerprint density at radius 1 is 1.19 bits per heavy atom. The van der Waals surface area contributed by atoms with Crippen LogP contribution in [-0.4, -0.2) is 13.6 Å². The van der Waals surface area contributed by atoms with Crippen LogP contribution in [0.25, 0.3) is 0 Å². The molecule has 1 N–H and O–H groups in total. The highest BCUT2D eigenvalue weighted by Gasteiger charge is 2.14. The molecule has 0 aromatic heterocycles. The van der Waals surface area contributed by atoms with Gasteiger partial charge in [-0.2, -0.15) is 0 Å². The van der Waals surface area contributed by atoms with E-state index >= 15 is 0 Å². The van der Waals surface area contributed by atoms with Crippen LogP contribution in [0.2, 0.25) is 0 Å². The number of rotatable bonds is 4. The highest BCUT2D eigenvalue weighted by atomic mass is 14.8. The molecule has 0 aliphatic heterocycles. The average Bonchev–Trinajstić information content (AvgIpc) is 2.19. The maximum Gasteiger partial charge on any atom is -0.00488 e. The van der Waals surface area contributed by atoms with Gasteiger partial charge in [-0.25, -0.2) is 0 Å². The maximum atomic E-state index is 3.20. The summed E-state index contributed by atoms with van der Waals surface area (Å²) in [7, 11) is 2.01. The molecule has 1 rings (SSSR count). The molecule has 1 nitrogen and oxygen atoms in total. The van der Waals surface area contributed by atoms with Crippen molar-refractivity contribution in [3.63, 3.8) is 0 Å². The highest BCUT2D eigenvalue weighted by molar-refractivity contribution is 5.34. The van der Waals surface area contributed by atoms with Crippen molar-refractivity contribution in [3.8, 4) is 0 Å². The second-order valence-electron chi connectivity index (χ2n) is 5.60. The molecule has 0 bridgehead atoms. The summed E-state index contributed by atoms with van der Waals surface area (Å²) in [4.78, 5) is 0. The number of benzene rings is 1. The summed E-state index contributed by atoms with van der Waals surface area (Å²) < 4.78 is 0. The molecule has 0 atom stereocenters. The molecule has 0 saturated carbocycles. The van der Waals surface area contributed by atoms with Crippen LogP contribution < -0.4 is 5.32 Å². The molecule has 0 heterocycles. The fourth-order valence-electron chi connectivity index (χ4n) is 1.86. The minimum atomic E-state index is 0.255. The lowest BCUT2D eigenvalue weighted by Gasteiger charge is -2.21. The van der Waals surface area contributed by atoms with E-state index in [4.69, 9.17) is 0 Å². The van der Waals surface area contributed by atoms with Crippen LogP contribution in [0.5, 0.6) is 0 Å². The van der Waals surface area contributed by atoms with Gasteiger partial charge in [0.15, 0.2) is 0 Å². The molecule has 0 aliphatic rings. The third kappa shape index (κ3) is 3.64. The smallest absolute Gasteiger partial charge is 0.00488 e. The quantitative estimate of drug-likeness (QED) is 0.765. The van der Waals surface area contributed by atoms with Gasteiger partial charge < -0.3 is 5.32 Å². The van der Waals surface area contributed by atoms with E-state index in [2.05, 4.69) is 51.2 Å². The molecule has 0 amide bonds. The Morgan fingerprint density at radius 3 is 2.44 bits per heavy atom. The molecular formula is C15H25N. The van der Waals surface area contributed by atoms with Crippen LogP contribution in [0.1, 0.15) is 43.9 Å². The first-order valence-corrected chi connectivity index (χ1v) is 6.20. The van der Waals surface area contributed by atoms with Crippen molar-refractivity contribution >= 4 is 0 Å². The fourth-order valence-corrected chi connectivity index (χ4v) is 1.86. The maximum absolute atomic E-state index is 3.20. The van der Waals surface area contributed by atoms with Crippen LogP contribution in [0.4, 0.5) is 0 Å². The van der Waals surface area contributed by atoms with Crippen molar-refractivity contribution in [2.75, 3.05) is 13.6 Å². The molecule has 0 radical (unpaired) electrons. The first-order valence-electron chi connectivity index (χ1n) is 6.20. The SMILES string of the molecule is CNCCCc1cc(C(C)(C)C)ccc1C. The molecule has 0 aliphatic carbocycles. The van der Waals surface area contributed by atoms with Crippen LogP contribution >= 0.6 is 0 Å². The van der Waals surface area contributed by atoms with E-state index in [1.807, 2.05) is 7.05 Å². The van der Waals surface area contributed by atoms with E-state index in [1.165, 1.54) is 29.5 Å². The van der Waals surface area contributed by atoms with Gasteiger partial charge >= 0.3 is 0 Å². The van der Waals surface area contributed by atoms with Crippen molar-refractivity contribution in [1.82, 2.24) is 5.32 Å². The van der Waals surface area contributed by atoms with E-state index in [0.29, 0.717) is 0 Å². The molecule has 0 spiro atoms. The second kappa shape index (κ2) is 5.49. The molecule has 0 unspecified atom stereocenters. The van der Waals surface area contributed by atoms with Crippen LogP contribution in [0.3, 0.4) is 0 Å². The lowest BCUT2D eigenvalue weighted by atomic mass is 9.85. The minimum Gasteiger partial charge on any atom is -0.320 e. The van der Waals surface area contributed by atoms with Crippen molar-refractivity contribution < 1.29 is 0 Å². The Hall–Kier alpha value is -0.820. The molecule has 1 aromatic carbocycles. The summed E-state index contributed by atoms with van der Waals surface area (Å²) in [6.07, 6.45) is 2.39. The Morgan fingerprint density at radius 2 is 1.88 bits per heavy atom. The van der Waals surface area contributed by atoms with E-state index in [0.717, 1.165) is 6.54 Å². The van der Waals surface area contributed by atoms with Gasteiger partial charge in [0.25, 0.3) is 0 Å². The normalized spacial score (nSPS) is 11.8. The van der Waals surface area contributed by atoms with Crippen LogP contribution in [0, 0.1) is 6.92 Å². The van der Waals surface area contributed by atoms with Gasteiger partial charge in [0.1, 0.15) is 0 Å². The summed E-state index contributed by atoms with van der Waals surface area (Å²) in [6.45, 7) is 10.1. The molecule has 16 heavy (non-hydrogen) atoms. The Bertz CT molecular complexity index is 334. The van der Waals surface area contributed by atoms with Gasteiger partial charge in [-0.1, -0.05) is 39.0 Å². The standard InChI is InChI=1S/C15H25N/c1-12-8-9-14(15(2,3)4)11-13(12)7-6-10-16-5/h8-9,11,16H,6-7,10H2,1-5H3. The fraction of sp³-hybridized carbons (Fsp3) is 0.600. The van der Waals surface area contributed by atoms with Gasteiger partial charge in [0.05, 0.1) is 0 Å². The molecule has 0 fully saturated rings.